The molecule has 1 saturated heterocycles. The second-order valence-corrected chi connectivity index (χ2v) is 3.48. The van der Waals surface area contributed by atoms with Crippen molar-refractivity contribution in [3.8, 4) is 0 Å². The average molecular weight is 170 g/mol. The monoisotopic (exact) mass is 170 g/mol. The zero-order valence-corrected chi connectivity index (χ0v) is 7.84. The highest BCUT2D eigenvalue weighted by Crippen LogP contribution is 2.18. The van der Waals surface area contributed by atoms with E-state index in [2.05, 4.69) is 6.92 Å². The van der Waals surface area contributed by atoms with E-state index in [0.717, 1.165) is 19.3 Å². The van der Waals surface area contributed by atoms with Gasteiger partial charge in [-0.3, -0.25) is 4.79 Å². The van der Waals surface area contributed by atoms with Crippen LogP contribution in [0.2, 0.25) is 0 Å². The lowest BCUT2D eigenvalue weighted by Gasteiger charge is -2.11. The van der Waals surface area contributed by atoms with Crippen LogP contribution in [0.15, 0.2) is 0 Å². The Labute approximate surface area is 74.3 Å². The van der Waals surface area contributed by atoms with Crippen LogP contribution in [-0.2, 0) is 9.53 Å². The highest BCUT2D eigenvalue weighted by Gasteiger charge is 2.18. The van der Waals surface area contributed by atoms with Crippen molar-refractivity contribution in [1.29, 1.82) is 0 Å². The predicted molar refractivity (Wildman–Crippen MR) is 47.8 cm³/mol. The standard InChI is InChI=1S/C10H18O2/c1-2-9-7-5-3-4-6-8-12-10(9)11/h9H,2-8H2,1H3. The van der Waals surface area contributed by atoms with Crippen molar-refractivity contribution in [3.05, 3.63) is 0 Å². The van der Waals surface area contributed by atoms with Gasteiger partial charge in [0.2, 0.25) is 0 Å². The number of carbonyl (C=O) groups excluding carboxylic acids is 1. The van der Waals surface area contributed by atoms with Crippen LogP contribution in [0.4, 0.5) is 0 Å². The lowest BCUT2D eigenvalue weighted by molar-refractivity contribution is -0.148. The molecule has 0 aromatic rings. The number of hydrogen-bond acceptors (Lipinski definition) is 2. The van der Waals surface area contributed by atoms with Gasteiger partial charge in [-0.25, -0.2) is 0 Å². The second kappa shape index (κ2) is 5.18. The largest absolute Gasteiger partial charge is 0.465 e. The van der Waals surface area contributed by atoms with Gasteiger partial charge in [-0.05, 0) is 19.3 Å². The molecule has 2 heteroatoms. The third kappa shape index (κ3) is 2.84. The van der Waals surface area contributed by atoms with Gasteiger partial charge in [0.05, 0.1) is 12.5 Å². The highest BCUT2D eigenvalue weighted by atomic mass is 16.5. The molecule has 1 atom stereocenters. The van der Waals surface area contributed by atoms with Crippen LogP contribution in [0.5, 0.6) is 0 Å². The Kier molecular flexibility index (Phi) is 4.12. The number of rotatable bonds is 1. The molecule has 70 valence electrons. The molecule has 1 heterocycles. The Hall–Kier alpha value is -0.530. The summed E-state index contributed by atoms with van der Waals surface area (Å²) in [5, 5.41) is 0. The van der Waals surface area contributed by atoms with Crippen LogP contribution >= 0.6 is 0 Å². The number of hydrogen-bond donors (Lipinski definition) is 0. The Morgan fingerprint density at radius 2 is 2.08 bits per heavy atom. The van der Waals surface area contributed by atoms with E-state index in [4.69, 9.17) is 4.74 Å². The Morgan fingerprint density at radius 3 is 2.83 bits per heavy atom. The predicted octanol–water partition coefficient (Wildman–Crippen LogP) is 2.52. The fourth-order valence-electron chi connectivity index (χ4n) is 1.63. The minimum atomic E-state index is 0.0272. The molecular weight excluding hydrogens is 152 g/mol. The van der Waals surface area contributed by atoms with Crippen LogP contribution in [0.3, 0.4) is 0 Å². The Balaban J connectivity index is 2.41. The van der Waals surface area contributed by atoms with Crippen molar-refractivity contribution in [1.82, 2.24) is 0 Å². The summed E-state index contributed by atoms with van der Waals surface area (Å²) in [6.07, 6.45) is 6.65. The van der Waals surface area contributed by atoms with Gasteiger partial charge in [-0.15, -0.1) is 0 Å². The fraction of sp³-hybridized carbons (Fsp3) is 0.900. The first-order valence-electron chi connectivity index (χ1n) is 5.01. The topological polar surface area (TPSA) is 26.3 Å². The van der Waals surface area contributed by atoms with E-state index < -0.39 is 0 Å². The van der Waals surface area contributed by atoms with Crippen molar-refractivity contribution >= 4 is 5.97 Å². The van der Waals surface area contributed by atoms with E-state index >= 15 is 0 Å². The summed E-state index contributed by atoms with van der Waals surface area (Å²) >= 11 is 0. The lowest BCUT2D eigenvalue weighted by Crippen LogP contribution is -2.16. The molecule has 0 spiro atoms. The summed E-state index contributed by atoms with van der Waals surface area (Å²) in [7, 11) is 0. The van der Waals surface area contributed by atoms with Crippen molar-refractivity contribution < 1.29 is 9.53 Å². The third-order valence-corrected chi connectivity index (χ3v) is 2.52. The molecule has 0 saturated carbocycles. The van der Waals surface area contributed by atoms with Gasteiger partial charge in [0.15, 0.2) is 0 Å². The summed E-state index contributed by atoms with van der Waals surface area (Å²) in [5.74, 6) is 0.197. The number of carbonyl (C=O) groups is 1. The molecule has 1 fully saturated rings. The van der Waals surface area contributed by atoms with Crippen LogP contribution in [0.1, 0.15) is 45.4 Å². The molecule has 0 aromatic heterocycles. The van der Waals surface area contributed by atoms with E-state index in [9.17, 15) is 4.79 Å². The van der Waals surface area contributed by atoms with Gasteiger partial charge in [0, 0.05) is 0 Å². The lowest BCUT2D eigenvalue weighted by atomic mass is 9.99. The SMILES string of the molecule is CCC1CCCCCCOC1=O. The quantitative estimate of drug-likeness (QED) is 0.565. The van der Waals surface area contributed by atoms with Crippen LogP contribution < -0.4 is 0 Å². The molecule has 12 heavy (non-hydrogen) atoms. The second-order valence-electron chi connectivity index (χ2n) is 3.48. The number of esters is 1. The normalized spacial score (nSPS) is 26.8. The van der Waals surface area contributed by atoms with Crippen molar-refractivity contribution in [2.45, 2.75) is 45.4 Å². The van der Waals surface area contributed by atoms with Gasteiger partial charge in [-0.1, -0.05) is 26.2 Å². The molecule has 0 aliphatic carbocycles. The summed E-state index contributed by atoms with van der Waals surface area (Å²) < 4.78 is 5.13. The van der Waals surface area contributed by atoms with Crippen molar-refractivity contribution in [2.24, 2.45) is 5.92 Å². The molecule has 0 radical (unpaired) electrons. The van der Waals surface area contributed by atoms with Gasteiger partial charge < -0.3 is 4.74 Å². The first-order chi connectivity index (χ1) is 5.84. The molecule has 2 nitrogen and oxygen atoms in total. The average Bonchev–Trinajstić information content (AvgIpc) is 2.17. The zero-order valence-electron chi connectivity index (χ0n) is 7.84. The maximum absolute atomic E-state index is 11.3. The van der Waals surface area contributed by atoms with Crippen molar-refractivity contribution in [3.63, 3.8) is 0 Å². The van der Waals surface area contributed by atoms with Crippen molar-refractivity contribution in [2.75, 3.05) is 6.61 Å². The van der Waals surface area contributed by atoms with Crippen LogP contribution in [0, 0.1) is 5.92 Å². The Bertz CT molecular complexity index is 143. The fourth-order valence-corrected chi connectivity index (χ4v) is 1.63. The van der Waals surface area contributed by atoms with Gasteiger partial charge in [-0.2, -0.15) is 0 Å². The van der Waals surface area contributed by atoms with E-state index in [1.165, 1.54) is 19.3 Å². The highest BCUT2D eigenvalue weighted by molar-refractivity contribution is 5.72. The summed E-state index contributed by atoms with van der Waals surface area (Å²) in [5.41, 5.74) is 0. The van der Waals surface area contributed by atoms with E-state index in [0.29, 0.717) is 6.61 Å². The first kappa shape index (κ1) is 9.56. The van der Waals surface area contributed by atoms with Gasteiger partial charge >= 0.3 is 5.97 Å². The molecule has 1 rings (SSSR count). The van der Waals surface area contributed by atoms with Crippen LogP contribution in [-0.4, -0.2) is 12.6 Å². The molecule has 0 aromatic carbocycles. The minimum Gasteiger partial charge on any atom is -0.465 e. The zero-order chi connectivity index (χ0) is 8.81. The number of ether oxygens (including phenoxy) is 1. The van der Waals surface area contributed by atoms with E-state index in [-0.39, 0.29) is 11.9 Å². The van der Waals surface area contributed by atoms with Gasteiger partial charge in [0.25, 0.3) is 0 Å². The molecule has 0 N–H and O–H groups in total. The summed E-state index contributed by atoms with van der Waals surface area (Å²) in [6, 6.07) is 0. The molecule has 1 aliphatic rings. The molecular formula is C10H18O2. The summed E-state index contributed by atoms with van der Waals surface area (Å²) in [4.78, 5) is 11.3. The first-order valence-corrected chi connectivity index (χ1v) is 5.01. The minimum absolute atomic E-state index is 0.0272. The molecule has 1 unspecified atom stereocenters. The molecule has 0 bridgehead atoms. The summed E-state index contributed by atoms with van der Waals surface area (Å²) in [6.45, 7) is 2.69. The van der Waals surface area contributed by atoms with Gasteiger partial charge in [0.1, 0.15) is 0 Å². The molecule has 0 amide bonds. The third-order valence-electron chi connectivity index (χ3n) is 2.52. The molecule has 1 aliphatic heterocycles. The smallest absolute Gasteiger partial charge is 0.308 e. The number of cyclic esters (lactones) is 1. The maximum Gasteiger partial charge on any atom is 0.308 e. The van der Waals surface area contributed by atoms with E-state index in [1.807, 2.05) is 0 Å². The van der Waals surface area contributed by atoms with E-state index in [1.54, 1.807) is 0 Å². The van der Waals surface area contributed by atoms with Crippen LogP contribution in [0.25, 0.3) is 0 Å². The Morgan fingerprint density at radius 1 is 1.33 bits per heavy atom. The maximum atomic E-state index is 11.3.